The third-order valence-electron chi connectivity index (χ3n) is 6.71. The van der Waals surface area contributed by atoms with E-state index in [-0.39, 0.29) is 5.91 Å². The summed E-state index contributed by atoms with van der Waals surface area (Å²) in [6.07, 6.45) is 0. The summed E-state index contributed by atoms with van der Waals surface area (Å²) in [6.45, 7) is 0. The molecule has 0 saturated carbocycles. The Morgan fingerprint density at radius 3 is 2.20 bits per heavy atom. The number of para-hydroxylation sites is 1. The topological polar surface area (TPSA) is 77.2 Å². The molecule has 0 aliphatic rings. The van der Waals surface area contributed by atoms with E-state index < -0.39 is 0 Å². The number of hydrogen-bond acceptors (Lipinski definition) is 5. The molecule has 0 fully saturated rings. The van der Waals surface area contributed by atoms with Crippen molar-refractivity contribution in [2.75, 3.05) is 18.2 Å². The van der Waals surface area contributed by atoms with Crippen molar-refractivity contribution in [3.63, 3.8) is 0 Å². The minimum Gasteiger partial charge on any atom is -0.497 e. The molecule has 196 valence electrons. The normalized spacial score (nSPS) is 10.9. The van der Waals surface area contributed by atoms with Crippen molar-refractivity contribution >= 4 is 50.4 Å². The average Bonchev–Trinajstić information content (AvgIpc) is 3.34. The summed E-state index contributed by atoms with van der Waals surface area (Å²) in [5.74, 6) is 0.481. The van der Waals surface area contributed by atoms with Gasteiger partial charge in [0, 0.05) is 27.2 Å². The molecule has 5 nitrogen and oxygen atoms in total. The highest BCUT2D eigenvalue weighted by Crippen LogP contribution is 2.42. The van der Waals surface area contributed by atoms with E-state index in [1.54, 1.807) is 7.11 Å². The molecule has 7 heteroatoms. The second-order valence-corrected chi connectivity index (χ2v) is 10.6. The molecule has 40 heavy (non-hydrogen) atoms. The molecule has 3 N–H and O–H groups in total. The highest BCUT2D eigenvalue weighted by Gasteiger charge is 2.22. The van der Waals surface area contributed by atoms with Gasteiger partial charge in [0.05, 0.1) is 18.5 Å². The van der Waals surface area contributed by atoms with E-state index in [9.17, 15) is 4.79 Å². The largest absolute Gasteiger partial charge is 0.497 e. The first kappa shape index (κ1) is 25.6. The van der Waals surface area contributed by atoms with Gasteiger partial charge in [-0.1, -0.05) is 72.3 Å². The molecule has 0 aliphatic heterocycles. The fraction of sp³-hybridized carbons (Fsp3) is 0.0303. The molecule has 0 spiro atoms. The van der Waals surface area contributed by atoms with Crippen LogP contribution in [-0.4, -0.2) is 18.0 Å². The molecule has 2 aromatic heterocycles. The van der Waals surface area contributed by atoms with Crippen LogP contribution in [0.15, 0.2) is 109 Å². The number of nitrogen functional groups attached to an aromatic ring is 1. The lowest BCUT2D eigenvalue weighted by molar-refractivity contribution is 0.103. The van der Waals surface area contributed by atoms with Crippen LogP contribution in [0.25, 0.3) is 43.7 Å². The number of nitrogens with two attached hydrogens (primary N) is 1. The van der Waals surface area contributed by atoms with E-state index in [1.165, 1.54) is 11.3 Å². The maximum Gasteiger partial charge on any atom is 0.267 e. The number of nitrogens with one attached hydrogen (secondary N) is 1. The van der Waals surface area contributed by atoms with Gasteiger partial charge >= 0.3 is 0 Å². The number of nitrogens with zero attached hydrogens (tertiary/aromatic N) is 1. The van der Waals surface area contributed by atoms with Gasteiger partial charge in [-0.2, -0.15) is 0 Å². The Labute approximate surface area is 240 Å². The number of anilines is 2. The Morgan fingerprint density at radius 1 is 0.825 bits per heavy atom. The fourth-order valence-electron chi connectivity index (χ4n) is 4.70. The van der Waals surface area contributed by atoms with Gasteiger partial charge in [0.15, 0.2) is 0 Å². The van der Waals surface area contributed by atoms with Crippen LogP contribution in [-0.2, 0) is 0 Å². The summed E-state index contributed by atoms with van der Waals surface area (Å²) >= 11 is 7.47. The summed E-state index contributed by atoms with van der Waals surface area (Å²) in [5.41, 5.74) is 13.2. The van der Waals surface area contributed by atoms with Gasteiger partial charge in [-0.25, -0.2) is 4.98 Å². The first-order chi connectivity index (χ1) is 19.5. The summed E-state index contributed by atoms with van der Waals surface area (Å²) in [4.78, 5) is 19.7. The van der Waals surface area contributed by atoms with Gasteiger partial charge in [0.1, 0.15) is 15.5 Å². The molecular formula is C33H24ClN3O2S. The lowest BCUT2D eigenvalue weighted by Gasteiger charge is -2.11. The van der Waals surface area contributed by atoms with Gasteiger partial charge < -0.3 is 15.8 Å². The van der Waals surface area contributed by atoms with E-state index in [0.717, 1.165) is 44.6 Å². The van der Waals surface area contributed by atoms with Crippen molar-refractivity contribution in [2.45, 2.75) is 0 Å². The Morgan fingerprint density at radius 2 is 1.48 bits per heavy atom. The van der Waals surface area contributed by atoms with E-state index in [0.29, 0.717) is 26.1 Å². The van der Waals surface area contributed by atoms with Crippen LogP contribution in [0.2, 0.25) is 5.02 Å². The number of halogens is 1. The summed E-state index contributed by atoms with van der Waals surface area (Å²) in [6, 6.07) is 35.0. The van der Waals surface area contributed by atoms with Crippen molar-refractivity contribution in [2.24, 2.45) is 0 Å². The van der Waals surface area contributed by atoms with Crippen LogP contribution in [0, 0.1) is 0 Å². The molecule has 6 aromatic rings. The number of carbonyl (C=O) groups excluding carboxylic acids is 1. The predicted molar refractivity (Wildman–Crippen MR) is 166 cm³/mol. The highest BCUT2D eigenvalue weighted by molar-refractivity contribution is 7.21. The van der Waals surface area contributed by atoms with Gasteiger partial charge in [0.2, 0.25) is 0 Å². The molecular weight excluding hydrogens is 538 g/mol. The van der Waals surface area contributed by atoms with Crippen LogP contribution < -0.4 is 15.8 Å². The fourth-order valence-corrected chi connectivity index (χ4v) is 5.84. The van der Waals surface area contributed by atoms with Gasteiger partial charge in [-0.05, 0) is 65.2 Å². The summed E-state index contributed by atoms with van der Waals surface area (Å²) in [7, 11) is 1.64. The molecule has 0 bridgehead atoms. The van der Waals surface area contributed by atoms with Crippen LogP contribution in [0.5, 0.6) is 5.75 Å². The maximum absolute atomic E-state index is 13.7. The first-order valence-corrected chi connectivity index (χ1v) is 13.8. The lowest BCUT2D eigenvalue weighted by atomic mass is 9.99. The van der Waals surface area contributed by atoms with Crippen molar-refractivity contribution in [3.05, 3.63) is 119 Å². The Balaban J connectivity index is 1.46. The third kappa shape index (κ3) is 4.91. The maximum atomic E-state index is 13.7. The number of carbonyl (C=O) groups is 1. The Hall–Kier alpha value is -4.65. The number of aromatic nitrogens is 1. The van der Waals surface area contributed by atoms with E-state index in [4.69, 9.17) is 27.1 Å². The quantitative estimate of drug-likeness (QED) is 0.213. The van der Waals surface area contributed by atoms with E-state index in [1.807, 2.05) is 109 Å². The Bertz CT molecular complexity index is 1830. The zero-order chi connectivity index (χ0) is 27.6. The second kappa shape index (κ2) is 10.8. The number of hydrogen-bond donors (Lipinski definition) is 2. The van der Waals surface area contributed by atoms with E-state index >= 15 is 0 Å². The molecule has 0 unspecified atom stereocenters. The minimum atomic E-state index is -0.281. The van der Waals surface area contributed by atoms with Crippen molar-refractivity contribution < 1.29 is 9.53 Å². The third-order valence-corrected chi connectivity index (χ3v) is 8.06. The van der Waals surface area contributed by atoms with Crippen LogP contribution in [0.4, 0.5) is 11.4 Å². The number of pyridine rings is 1. The molecule has 1 amide bonds. The number of benzene rings is 4. The number of thiophene rings is 1. The Kier molecular flexibility index (Phi) is 6.95. The monoisotopic (exact) mass is 561 g/mol. The number of ether oxygens (including phenoxy) is 1. The van der Waals surface area contributed by atoms with Crippen molar-refractivity contribution in [1.29, 1.82) is 0 Å². The summed E-state index contributed by atoms with van der Waals surface area (Å²) in [5, 5.41) is 4.47. The van der Waals surface area contributed by atoms with Crippen LogP contribution in [0.3, 0.4) is 0 Å². The molecule has 2 heterocycles. The molecule has 0 aliphatic carbocycles. The molecule has 4 aromatic carbocycles. The van der Waals surface area contributed by atoms with Crippen LogP contribution >= 0.6 is 22.9 Å². The standard InChI is InChI=1S/C33H24ClN3O2S/c1-39-24-17-13-22(14-18-24)28-19-26(21-11-15-23(34)16-12-21)29-30(35)31(40-33(29)37-28)32(38)36-27-10-6-5-9-25(27)20-7-3-2-4-8-20/h2-19H,35H2,1H3,(H,36,38). The zero-order valence-corrected chi connectivity index (χ0v) is 23.1. The molecule has 0 radical (unpaired) electrons. The van der Waals surface area contributed by atoms with Gasteiger partial charge in [-0.15, -0.1) is 11.3 Å². The molecule has 6 rings (SSSR count). The first-order valence-electron chi connectivity index (χ1n) is 12.6. The zero-order valence-electron chi connectivity index (χ0n) is 21.5. The second-order valence-electron chi connectivity index (χ2n) is 9.18. The highest BCUT2D eigenvalue weighted by atomic mass is 35.5. The number of rotatable bonds is 6. The average molecular weight is 562 g/mol. The van der Waals surface area contributed by atoms with Gasteiger partial charge in [-0.3, -0.25) is 4.79 Å². The smallest absolute Gasteiger partial charge is 0.267 e. The summed E-state index contributed by atoms with van der Waals surface area (Å²) < 4.78 is 5.32. The number of methoxy groups -OCH3 is 1. The number of amides is 1. The van der Waals surface area contributed by atoms with Crippen molar-refractivity contribution in [1.82, 2.24) is 4.98 Å². The van der Waals surface area contributed by atoms with Crippen LogP contribution in [0.1, 0.15) is 9.67 Å². The minimum absolute atomic E-state index is 0.281. The molecule has 0 atom stereocenters. The van der Waals surface area contributed by atoms with Gasteiger partial charge in [0.25, 0.3) is 5.91 Å². The molecule has 0 saturated heterocycles. The SMILES string of the molecule is COc1ccc(-c2cc(-c3ccc(Cl)cc3)c3c(N)c(C(=O)Nc4ccccc4-c4ccccc4)sc3n2)cc1. The van der Waals surface area contributed by atoms with Crippen molar-refractivity contribution in [3.8, 4) is 39.3 Å². The number of fused-ring (bicyclic) bond motifs is 1. The predicted octanol–water partition coefficient (Wildman–Crippen LogP) is 8.79. The lowest BCUT2D eigenvalue weighted by Crippen LogP contribution is -2.12. The van der Waals surface area contributed by atoms with E-state index in [2.05, 4.69) is 5.32 Å².